The van der Waals surface area contributed by atoms with Crippen molar-refractivity contribution in [2.24, 2.45) is 0 Å². The van der Waals surface area contributed by atoms with Crippen LogP contribution in [0.1, 0.15) is 31.5 Å². The molecule has 8 nitrogen and oxygen atoms in total. The van der Waals surface area contributed by atoms with Crippen LogP contribution < -0.4 is 10.2 Å². The van der Waals surface area contributed by atoms with Gasteiger partial charge in [-0.25, -0.2) is 23.1 Å². The number of nitrogens with zero attached hydrogens (tertiary/aromatic N) is 6. The van der Waals surface area contributed by atoms with Crippen LogP contribution in [0.2, 0.25) is 5.02 Å². The zero-order valence-electron chi connectivity index (χ0n) is 22.3. The number of piperazine rings is 1. The Bertz CT molecular complexity index is 1860. The maximum Gasteiger partial charge on any atom is 0.207 e. The molecular weight excluding hydrogens is 567 g/mol. The maximum absolute atomic E-state index is 16.5. The van der Waals surface area contributed by atoms with Gasteiger partial charge in [0.2, 0.25) is 5.82 Å². The van der Waals surface area contributed by atoms with Crippen LogP contribution in [0.5, 0.6) is 5.75 Å². The third-order valence-electron chi connectivity index (χ3n) is 9.12. The molecule has 0 unspecified atom stereocenters. The highest BCUT2D eigenvalue weighted by Gasteiger charge is 2.48. The third-order valence-corrected chi connectivity index (χ3v) is 9.49. The van der Waals surface area contributed by atoms with Crippen molar-refractivity contribution in [3.05, 3.63) is 46.7 Å². The Labute approximate surface area is 243 Å². The molecule has 0 amide bonds. The van der Waals surface area contributed by atoms with Gasteiger partial charge in [-0.15, -0.1) is 10.2 Å². The number of hydrogen-bond acceptors (Lipinski definition) is 8. The lowest BCUT2D eigenvalue weighted by Crippen LogP contribution is -2.44. The van der Waals surface area contributed by atoms with Gasteiger partial charge < -0.3 is 15.3 Å². The van der Waals surface area contributed by atoms with Crippen LogP contribution in [-0.4, -0.2) is 80.1 Å². The molecule has 2 aromatic carbocycles. The Morgan fingerprint density at radius 2 is 2.00 bits per heavy atom. The standard InChI is InChI=1S/C30H25ClF3N7O/c31-24-21(33)3-2-15-8-19(42)10-20(23(15)24)26-25(34)27-28(39-38-26)29(41-14-17-9-18(41)12-35-17)37-22(36-27)4-6-30-5-1-7-40(30)13-16(32)11-30/h2-3,8,10,16-18,35,42H,1,5,7,9,11-14H2/t16-,17-,18-,30-/m1/s1. The SMILES string of the molecule is Oc1cc(-c2nnc3c(N4C[C@H]5C[C@@H]4CN5)nc(C#C[C@@]45CCCN4C[C@H](F)C5)nc3c2F)c2c(Cl)c(F)ccc2c1. The first-order chi connectivity index (χ1) is 20.3. The number of halogens is 4. The fourth-order valence-corrected chi connectivity index (χ4v) is 7.50. The molecule has 2 bridgehead atoms. The summed E-state index contributed by atoms with van der Waals surface area (Å²) < 4.78 is 45.4. The summed E-state index contributed by atoms with van der Waals surface area (Å²) in [4.78, 5) is 13.4. The molecule has 4 saturated heterocycles. The first-order valence-corrected chi connectivity index (χ1v) is 14.4. The second-order valence-corrected chi connectivity index (χ2v) is 12.0. The van der Waals surface area contributed by atoms with Gasteiger partial charge in [-0.3, -0.25) is 4.90 Å². The quantitative estimate of drug-likeness (QED) is 0.333. The van der Waals surface area contributed by atoms with E-state index in [0.717, 1.165) is 32.4 Å². The van der Waals surface area contributed by atoms with Crippen LogP contribution in [-0.2, 0) is 0 Å². The van der Waals surface area contributed by atoms with Crippen molar-refractivity contribution in [3.63, 3.8) is 0 Å². The highest BCUT2D eigenvalue weighted by Crippen LogP contribution is 2.41. The molecule has 0 saturated carbocycles. The van der Waals surface area contributed by atoms with E-state index in [0.29, 0.717) is 30.7 Å². The van der Waals surface area contributed by atoms with Gasteiger partial charge in [0.05, 0.1) is 10.6 Å². The molecule has 0 aliphatic carbocycles. The van der Waals surface area contributed by atoms with E-state index in [2.05, 4.69) is 42.1 Å². The van der Waals surface area contributed by atoms with E-state index in [1.807, 2.05) is 0 Å². The fourth-order valence-electron chi connectivity index (χ4n) is 7.23. The second kappa shape index (κ2) is 9.39. The van der Waals surface area contributed by atoms with Gasteiger partial charge in [0, 0.05) is 49.1 Å². The monoisotopic (exact) mass is 591 g/mol. The molecular formula is C30H25ClF3N7O. The number of anilines is 1. The van der Waals surface area contributed by atoms with E-state index in [-0.39, 0.29) is 56.4 Å². The van der Waals surface area contributed by atoms with Gasteiger partial charge in [-0.05, 0) is 55.3 Å². The van der Waals surface area contributed by atoms with Gasteiger partial charge >= 0.3 is 0 Å². The number of phenols is 1. The molecule has 0 radical (unpaired) electrons. The van der Waals surface area contributed by atoms with E-state index in [1.54, 1.807) is 0 Å². The lowest BCUT2D eigenvalue weighted by atomic mass is 9.94. The highest BCUT2D eigenvalue weighted by molar-refractivity contribution is 6.37. The van der Waals surface area contributed by atoms with Gasteiger partial charge in [0.1, 0.15) is 28.9 Å². The molecule has 214 valence electrons. The Kier molecular flexibility index (Phi) is 5.80. The molecule has 42 heavy (non-hydrogen) atoms. The first-order valence-electron chi connectivity index (χ1n) is 14.1. The van der Waals surface area contributed by atoms with Gasteiger partial charge in [-0.1, -0.05) is 23.6 Å². The number of hydrogen-bond donors (Lipinski definition) is 2. The van der Waals surface area contributed by atoms with Crippen LogP contribution in [0, 0.1) is 23.5 Å². The summed E-state index contributed by atoms with van der Waals surface area (Å²) in [6.07, 6.45) is 2.01. The lowest BCUT2D eigenvalue weighted by Gasteiger charge is -2.29. The molecule has 8 rings (SSSR count). The van der Waals surface area contributed by atoms with Gasteiger partial charge in [-0.2, -0.15) is 0 Å². The minimum atomic E-state index is -0.940. The third kappa shape index (κ3) is 3.92. The predicted molar refractivity (Wildman–Crippen MR) is 152 cm³/mol. The van der Waals surface area contributed by atoms with E-state index >= 15 is 4.39 Å². The summed E-state index contributed by atoms with van der Waals surface area (Å²) in [6, 6.07) is 5.77. The Balaban J connectivity index is 1.33. The van der Waals surface area contributed by atoms with Crippen LogP contribution in [0.15, 0.2) is 24.3 Å². The summed E-state index contributed by atoms with van der Waals surface area (Å²) in [5.74, 6) is 5.21. The number of benzene rings is 2. The zero-order valence-corrected chi connectivity index (χ0v) is 23.1. The topological polar surface area (TPSA) is 90.3 Å². The van der Waals surface area contributed by atoms with E-state index in [1.165, 1.54) is 24.3 Å². The lowest BCUT2D eigenvalue weighted by molar-refractivity contribution is 0.255. The Hall–Kier alpha value is -3.72. The zero-order chi connectivity index (χ0) is 28.7. The first kappa shape index (κ1) is 25.9. The molecule has 4 aliphatic heterocycles. The molecule has 0 spiro atoms. The van der Waals surface area contributed by atoms with Crippen molar-refractivity contribution in [2.75, 3.05) is 31.1 Å². The van der Waals surface area contributed by atoms with Crippen LogP contribution in [0.25, 0.3) is 33.1 Å². The number of aromatic nitrogens is 4. The van der Waals surface area contributed by atoms with Crippen molar-refractivity contribution >= 4 is 39.2 Å². The van der Waals surface area contributed by atoms with Crippen molar-refractivity contribution in [3.8, 4) is 28.8 Å². The molecule has 4 fully saturated rings. The molecule has 4 aliphatic rings. The van der Waals surface area contributed by atoms with E-state index in [4.69, 9.17) is 16.6 Å². The van der Waals surface area contributed by atoms with Crippen LogP contribution in [0.4, 0.5) is 19.0 Å². The number of rotatable bonds is 2. The Morgan fingerprint density at radius 3 is 2.81 bits per heavy atom. The minimum absolute atomic E-state index is 0.0825. The molecule has 4 atom stereocenters. The largest absolute Gasteiger partial charge is 0.508 e. The van der Waals surface area contributed by atoms with E-state index in [9.17, 15) is 13.9 Å². The fraction of sp³-hybridized carbons (Fsp3) is 0.400. The van der Waals surface area contributed by atoms with Crippen LogP contribution >= 0.6 is 11.6 Å². The second-order valence-electron chi connectivity index (χ2n) is 11.7. The molecule has 4 aromatic rings. The summed E-state index contributed by atoms with van der Waals surface area (Å²) in [5, 5.41) is 22.8. The Morgan fingerprint density at radius 1 is 1.12 bits per heavy atom. The number of nitrogens with one attached hydrogen (secondary N) is 1. The summed E-state index contributed by atoms with van der Waals surface area (Å²) in [5.41, 5.74) is -0.637. The number of phenolic OH excluding ortho intramolecular Hbond substituents is 1. The number of fused-ring (bicyclic) bond motifs is 5. The molecule has 6 heterocycles. The normalized spacial score (nSPS) is 26.8. The number of aromatic hydroxyl groups is 1. The highest BCUT2D eigenvalue weighted by atomic mass is 35.5. The molecule has 2 aromatic heterocycles. The minimum Gasteiger partial charge on any atom is -0.508 e. The van der Waals surface area contributed by atoms with Crippen molar-refractivity contribution < 1.29 is 18.3 Å². The van der Waals surface area contributed by atoms with E-state index < -0.39 is 23.3 Å². The van der Waals surface area contributed by atoms with Gasteiger partial charge in [0.15, 0.2) is 17.2 Å². The summed E-state index contributed by atoms with van der Waals surface area (Å²) in [6.45, 7) is 2.58. The van der Waals surface area contributed by atoms with Gasteiger partial charge in [0.25, 0.3) is 0 Å². The predicted octanol–water partition coefficient (Wildman–Crippen LogP) is 4.36. The molecule has 2 N–H and O–H groups in total. The van der Waals surface area contributed by atoms with Crippen molar-refractivity contribution in [1.29, 1.82) is 0 Å². The smallest absolute Gasteiger partial charge is 0.207 e. The van der Waals surface area contributed by atoms with Crippen molar-refractivity contribution in [1.82, 2.24) is 30.4 Å². The molecule has 12 heteroatoms. The summed E-state index contributed by atoms with van der Waals surface area (Å²) in [7, 11) is 0. The number of alkyl halides is 1. The average molecular weight is 592 g/mol. The van der Waals surface area contributed by atoms with Crippen LogP contribution in [0.3, 0.4) is 0 Å². The summed E-state index contributed by atoms with van der Waals surface area (Å²) >= 11 is 6.32. The average Bonchev–Trinajstić information content (AvgIpc) is 3.75. The van der Waals surface area contributed by atoms with Crippen molar-refractivity contribution in [2.45, 2.75) is 49.5 Å². The maximum atomic E-state index is 16.5.